The first-order valence-corrected chi connectivity index (χ1v) is 5.67. The molecule has 0 unspecified atom stereocenters. The van der Waals surface area contributed by atoms with Crippen LogP contribution in [0.4, 0.5) is 0 Å². The maximum atomic E-state index is 5.54. The van der Waals surface area contributed by atoms with Gasteiger partial charge in [0.2, 0.25) is 0 Å². The number of nitrogens with zero attached hydrogens (tertiary/aromatic N) is 1. The number of rotatable bonds is 3. The first-order chi connectivity index (χ1) is 6.53. The van der Waals surface area contributed by atoms with Crippen LogP contribution in [0.25, 0.3) is 0 Å². The van der Waals surface area contributed by atoms with Gasteiger partial charge < -0.3 is 5.73 Å². The Bertz CT molecular complexity index is 292. The fourth-order valence-electron chi connectivity index (χ4n) is 1.17. The summed E-state index contributed by atoms with van der Waals surface area (Å²) in [5.74, 6) is 0. The highest BCUT2D eigenvalue weighted by Crippen LogP contribution is 2.33. The zero-order valence-electron chi connectivity index (χ0n) is 9.08. The summed E-state index contributed by atoms with van der Waals surface area (Å²) < 4.78 is 0.229. The van der Waals surface area contributed by atoms with Crippen LogP contribution in [-0.4, -0.2) is 16.3 Å². The van der Waals surface area contributed by atoms with Crippen molar-refractivity contribution in [3.8, 4) is 0 Å². The summed E-state index contributed by atoms with van der Waals surface area (Å²) in [4.78, 5) is 5.61. The average Bonchev–Trinajstić information content (AvgIpc) is 2.06. The number of hydrogen-bond acceptors (Lipinski definition) is 3. The molecule has 0 aliphatic carbocycles. The smallest absolute Gasteiger partial charge is 0.0551 e. The summed E-state index contributed by atoms with van der Waals surface area (Å²) in [6, 6.07) is 4.10. The molecular formula is C11H18N2S. The lowest BCUT2D eigenvalue weighted by Crippen LogP contribution is -2.10. The van der Waals surface area contributed by atoms with Crippen molar-refractivity contribution in [1.29, 1.82) is 0 Å². The van der Waals surface area contributed by atoms with E-state index in [1.54, 1.807) is 0 Å². The molecule has 0 aliphatic heterocycles. The second kappa shape index (κ2) is 4.80. The molecule has 14 heavy (non-hydrogen) atoms. The molecule has 1 aromatic heterocycles. The van der Waals surface area contributed by atoms with Gasteiger partial charge in [-0.2, -0.15) is 0 Å². The molecule has 0 radical (unpaired) electrons. The van der Waals surface area contributed by atoms with Crippen LogP contribution in [0.3, 0.4) is 0 Å². The van der Waals surface area contributed by atoms with E-state index in [1.165, 1.54) is 4.90 Å². The van der Waals surface area contributed by atoms with Gasteiger partial charge in [-0.3, -0.25) is 4.98 Å². The van der Waals surface area contributed by atoms with E-state index in [4.69, 9.17) is 5.73 Å². The van der Waals surface area contributed by atoms with Gasteiger partial charge >= 0.3 is 0 Å². The molecule has 0 spiro atoms. The van der Waals surface area contributed by atoms with Crippen molar-refractivity contribution >= 4 is 11.8 Å². The fourth-order valence-corrected chi connectivity index (χ4v) is 2.25. The van der Waals surface area contributed by atoms with Gasteiger partial charge in [-0.1, -0.05) is 20.8 Å². The van der Waals surface area contributed by atoms with Crippen LogP contribution in [0, 0.1) is 0 Å². The van der Waals surface area contributed by atoms with Crippen LogP contribution in [0.15, 0.2) is 23.2 Å². The minimum absolute atomic E-state index is 0.229. The van der Waals surface area contributed by atoms with Gasteiger partial charge in [0.1, 0.15) is 0 Å². The molecular weight excluding hydrogens is 192 g/mol. The molecule has 1 rings (SSSR count). The van der Waals surface area contributed by atoms with Crippen LogP contribution in [-0.2, 0) is 6.42 Å². The quantitative estimate of drug-likeness (QED) is 0.779. The molecule has 2 nitrogen and oxygen atoms in total. The summed E-state index contributed by atoms with van der Waals surface area (Å²) in [5, 5.41) is 0. The van der Waals surface area contributed by atoms with E-state index >= 15 is 0 Å². The Morgan fingerprint density at radius 2 is 2.14 bits per heavy atom. The van der Waals surface area contributed by atoms with Crippen molar-refractivity contribution < 1.29 is 0 Å². The van der Waals surface area contributed by atoms with Crippen molar-refractivity contribution in [2.45, 2.75) is 36.8 Å². The molecule has 1 heterocycles. The number of hydrogen-bond donors (Lipinski definition) is 1. The van der Waals surface area contributed by atoms with E-state index < -0.39 is 0 Å². The number of pyridine rings is 1. The molecule has 0 saturated carbocycles. The molecule has 0 bridgehead atoms. The second-order valence-electron chi connectivity index (χ2n) is 4.20. The zero-order chi connectivity index (χ0) is 10.6. The zero-order valence-corrected chi connectivity index (χ0v) is 9.90. The van der Waals surface area contributed by atoms with Gasteiger partial charge in [-0.15, -0.1) is 11.8 Å². The van der Waals surface area contributed by atoms with Crippen LogP contribution in [0.1, 0.15) is 26.5 Å². The number of aromatic nitrogens is 1. The van der Waals surface area contributed by atoms with E-state index in [-0.39, 0.29) is 4.75 Å². The second-order valence-corrected chi connectivity index (χ2v) is 6.07. The molecule has 0 saturated heterocycles. The van der Waals surface area contributed by atoms with Crippen LogP contribution in [0.2, 0.25) is 0 Å². The predicted octanol–water partition coefficient (Wildman–Crippen LogP) is 2.47. The summed E-state index contributed by atoms with van der Waals surface area (Å²) >= 11 is 1.85. The molecule has 0 amide bonds. The highest BCUT2D eigenvalue weighted by atomic mass is 32.2. The largest absolute Gasteiger partial charge is 0.330 e. The first-order valence-electron chi connectivity index (χ1n) is 4.86. The third kappa shape index (κ3) is 3.68. The molecule has 0 fully saturated rings. The molecule has 0 atom stereocenters. The average molecular weight is 210 g/mol. The van der Waals surface area contributed by atoms with Gasteiger partial charge in [0.25, 0.3) is 0 Å². The lowest BCUT2D eigenvalue weighted by atomic mass is 10.2. The number of thioether (sulfide) groups is 1. The standard InChI is InChI=1S/C11H18N2S/c1-11(2,3)14-10-5-4-8-13-9(10)6-7-12/h4-5,8H,6-7,12H2,1-3H3. The topological polar surface area (TPSA) is 38.9 Å². The monoisotopic (exact) mass is 210 g/mol. The fraction of sp³-hybridized carbons (Fsp3) is 0.545. The minimum atomic E-state index is 0.229. The molecule has 3 heteroatoms. The van der Waals surface area contributed by atoms with Crippen molar-refractivity contribution in [1.82, 2.24) is 4.98 Å². The lowest BCUT2D eigenvalue weighted by Gasteiger charge is -2.19. The molecule has 78 valence electrons. The van der Waals surface area contributed by atoms with Crippen LogP contribution < -0.4 is 5.73 Å². The van der Waals surface area contributed by atoms with E-state index in [0.29, 0.717) is 6.54 Å². The van der Waals surface area contributed by atoms with Crippen molar-refractivity contribution in [3.05, 3.63) is 24.0 Å². The third-order valence-corrected chi connectivity index (χ3v) is 2.85. The van der Waals surface area contributed by atoms with E-state index in [1.807, 2.05) is 24.0 Å². The molecule has 0 aromatic carbocycles. The maximum Gasteiger partial charge on any atom is 0.0551 e. The lowest BCUT2D eigenvalue weighted by molar-refractivity contribution is 0.798. The van der Waals surface area contributed by atoms with E-state index in [9.17, 15) is 0 Å². The van der Waals surface area contributed by atoms with Gasteiger partial charge in [-0.05, 0) is 18.7 Å². The highest BCUT2D eigenvalue weighted by Gasteiger charge is 2.14. The van der Waals surface area contributed by atoms with Crippen LogP contribution in [0.5, 0.6) is 0 Å². The minimum Gasteiger partial charge on any atom is -0.330 e. The van der Waals surface area contributed by atoms with Gasteiger partial charge in [0.15, 0.2) is 0 Å². The normalized spacial score (nSPS) is 11.7. The summed E-state index contributed by atoms with van der Waals surface area (Å²) in [6.07, 6.45) is 2.69. The highest BCUT2D eigenvalue weighted by molar-refractivity contribution is 8.00. The Morgan fingerprint density at radius 3 is 2.71 bits per heavy atom. The van der Waals surface area contributed by atoms with E-state index in [2.05, 4.69) is 31.8 Å². The van der Waals surface area contributed by atoms with Crippen molar-refractivity contribution in [2.75, 3.05) is 6.54 Å². The molecule has 2 N–H and O–H groups in total. The Kier molecular flexibility index (Phi) is 3.96. The Hall–Kier alpha value is -0.540. The first kappa shape index (κ1) is 11.5. The maximum absolute atomic E-state index is 5.54. The van der Waals surface area contributed by atoms with Crippen LogP contribution >= 0.6 is 11.8 Å². The number of nitrogens with two attached hydrogens (primary N) is 1. The Balaban J connectivity index is 2.84. The summed E-state index contributed by atoms with van der Waals surface area (Å²) in [6.45, 7) is 7.28. The Morgan fingerprint density at radius 1 is 1.43 bits per heavy atom. The third-order valence-electron chi connectivity index (χ3n) is 1.65. The van der Waals surface area contributed by atoms with Gasteiger partial charge in [0.05, 0.1) is 5.69 Å². The summed E-state index contributed by atoms with van der Waals surface area (Å²) in [7, 11) is 0. The van der Waals surface area contributed by atoms with Gasteiger partial charge in [-0.25, -0.2) is 0 Å². The predicted molar refractivity (Wildman–Crippen MR) is 62.6 cm³/mol. The Labute approximate surface area is 90.3 Å². The van der Waals surface area contributed by atoms with Crippen molar-refractivity contribution in [2.24, 2.45) is 5.73 Å². The SMILES string of the molecule is CC(C)(C)Sc1cccnc1CCN. The molecule has 0 aliphatic rings. The summed E-state index contributed by atoms with van der Waals surface area (Å²) in [5.41, 5.74) is 6.66. The van der Waals surface area contributed by atoms with E-state index in [0.717, 1.165) is 12.1 Å². The van der Waals surface area contributed by atoms with Crippen molar-refractivity contribution in [3.63, 3.8) is 0 Å². The molecule has 1 aromatic rings. The van der Waals surface area contributed by atoms with Gasteiger partial charge in [0, 0.05) is 22.3 Å².